The summed E-state index contributed by atoms with van der Waals surface area (Å²) in [5.74, 6) is 1.16. The van der Waals surface area contributed by atoms with Crippen molar-refractivity contribution in [1.29, 1.82) is 0 Å². The summed E-state index contributed by atoms with van der Waals surface area (Å²) in [6, 6.07) is 25.6. The van der Waals surface area contributed by atoms with Gasteiger partial charge in [0.05, 0.1) is 12.3 Å². The van der Waals surface area contributed by atoms with E-state index in [0.717, 1.165) is 28.1 Å². The van der Waals surface area contributed by atoms with Gasteiger partial charge in [-0.1, -0.05) is 54.6 Å². The Kier molecular flexibility index (Phi) is 6.82. The molecule has 4 rings (SSSR count). The standard InChI is InChI=1S/C26H24N2O3S/c1-3-30-24-12-8-7-11-22(24)23-17-32-26(27-23)28-25(29)18(2)31-21-15-13-20(14-16-21)19-9-5-4-6-10-19/h4-18H,3H2,1-2H3,(H,27,28,29). The van der Waals surface area contributed by atoms with Gasteiger partial charge in [0.2, 0.25) is 0 Å². The van der Waals surface area contributed by atoms with Crippen LogP contribution in [-0.4, -0.2) is 23.6 Å². The third-order valence-corrected chi connectivity index (χ3v) is 5.60. The van der Waals surface area contributed by atoms with Crippen molar-refractivity contribution in [3.63, 3.8) is 0 Å². The Hall–Kier alpha value is -3.64. The molecule has 0 saturated carbocycles. The topological polar surface area (TPSA) is 60.5 Å². The molecule has 1 heterocycles. The van der Waals surface area contributed by atoms with Crippen LogP contribution in [0.3, 0.4) is 0 Å². The highest BCUT2D eigenvalue weighted by Gasteiger charge is 2.17. The van der Waals surface area contributed by atoms with E-state index >= 15 is 0 Å². The van der Waals surface area contributed by atoms with Crippen LogP contribution in [0.5, 0.6) is 11.5 Å². The normalized spacial score (nSPS) is 11.6. The Labute approximate surface area is 191 Å². The first-order chi connectivity index (χ1) is 15.6. The molecule has 0 fully saturated rings. The van der Waals surface area contributed by atoms with E-state index in [1.54, 1.807) is 6.92 Å². The Morgan fingerprint density at radius 2 is 1.66 bits per heavy atom. The van der Waals surface area contributed by atoms with Crippen molar-refractivity contribution in [2.75, 3.05) is 11.9 Å². The lowest BCUT2D eigenvalue weighted by Crippen LogP contribution is -2.30. The van der Waals surface area contributed by atoms with E-state index < -0.39 is 6.10 Å². The van der Waals surface area contributed by atoms with Gasteiger partial charge in [0.25, 0.3) is 5.91 Å². The van der Waals surface area contributed by atoms with E-state index in [2.05, 4.69) is 22.4 Å². The van der Waals surface area contributed by atoms with E-state index in [0.29, 0.717) is 17.5 Å². The second-order valence-corrected chi connectivity index (χ2v) is 7.96. The number of rotatable bonds is 8. The number of benzene rings is 3. The van der Waals surface area contributed by atoms with E-state index in [4.69, 9.17) is 9.47 Å². The van der Waals surface area contributed by atoms with Crippen LogP contribution in [0.4, 0.5) is 5.13 Å². The summed E-state index contributed by atoms with van der Waals surface area (Å²) in [6.07, 6.45) is -0.666. The average molecular weight is 445 g/mol. The molecule has 1 aromatic heterocycles. The molecule has 1 atom stereocenters. The summed E-state index contributed by atoms with van der Waals surface area (Å²) in [5.41, 5.74) is 3.89. The molecule has 32 heavy (non-hydrogen) atoms. The first-order valence-corrected chi connectivity index (χ1v) is 11.3. The molecule has 6 heteroatoms. The average Bonchev–Trinajstić information content (AvgIpc) is 3.29. The van der Waals surface area contributed by atoms with Crippen LogP contribution >= 0.6 is 11.3 Å². The zero-order chi connectivity index (χ0) is 22.3. The van der Waals surface area contributed by atoms with Gasteiger partial charge in [-0.2, -0.15) is 0 Å². The molecule has 1 unspecified atom stereocenters. The highest BCUT2D eigenvalue weighted by atomic mass is 32.1. The van der Waals surface area contributed by atoms with E-state index in [1.807, 2.05) is 79.0 Å². The molecule has 0 radical (unpaired) electrons. The fourth-order valence-corrected chi connectivity index (χ4v) is 3.95. The largest absolute Gasteiger partial charge is 0.493 e. The monoisotopic (exact) mass is 444 g/mol. The maximum absolute atomic E-state index is 12.6. The molecule has 1 N–H and O–H groups in total. The molecular weight excluding hydrogens is 420 g/mol. The minimum atomic E-state index is -0.666. The van der Waals surface area contributed by atoms with Crippen LogP contribution in [0.15, 0.2) is 84.2 Å². The molecule has 1 amide bonds. The number of nitrogens with zero attached hydrogens (tertiary/aromatic N) is 1. The predicted molar refractivity (Wildman–Crippen MR) is 129 cm³/mol. The smallest absolute Gasteiger partial charge is 0.266 e. The number of anilines is 1. The fourth-order valence-electron chi connectivity index (χ4n) is 3.24. The number of carbonyl (C=O) groups excluding carboxylic acids is 1. The highest BCUT2D eigenvalue weighted by molar-refractivity contribution is 7.14. The molecule has 0 saturated heterocycles. The van der Waals surface area contributed by atoms with Crippen molar-refractivity contribution in [3.8, 4) is 33.9 Å². The van der Waals surface area contributed by atoms with Crippen molar-refractivity contribution in [2.24, 2.45) is 0 Å². The van der Waals surface area contributed by atoms with E-state index in [-0.39, 0.29) is 5.91 Å². The van der Waals surface area contributed by atoms with Gasteiger partial charge in [0.15, 0.2) is 11.2 Å². The van der Waals surface area contributed by atoms with Crippen LogP contribution in [0.25, 0.3) is 22.4 Å². The summed E-state index contributed by atoms with van der Waals surface area (Å²) in [7, 11) is 0. The second kappa shape index (κ2) is 10.1. The summed E-state index contributed by atoms with van der Waals surface area (Å²) < 4.78 is 11.5. The second-order valence-electron chi connectivity index (χ2n) is 7.11. The number of aromatic nitrogens is 1. The highest BCUT2D eigenvalue weighted by Crippen LogP contribution is 2.32. The lowest BCUT2D eigenvalue weighted by atomic mass is 10.1. The lowest BCUT2D eigenvalue weighted by molar-refractivity contribution is -0.122. The van der Waals surface area contributed by atoms with Crippen molar-refractivity contribution in [1.82, 2.24) is 4.98 Å². The minimum absolute atomic E-state index is 0.254. The third-order valence-electron chi connectivity index (χ3n) is 4.84. The zero-order valence-corrected chi connectivity index (χ0v) is 18.8. The third kappa shape index (κ3) is 5.15. The molecule has 0 aliphatic heterocycles. The van der Waals surface area contributed by atoms with Crippen molar-refractivity contribution < 1.29 is 14.3 Å². The lowest BCUT2D eigenvalue weighted by Gasteiger charge is -2.14. The van der Waals surface area contributed by atoms with Gasteiger partial charge < -0.3 is 9.47 Å². The molecule has 4 aromatic rings. The van der Waals surface area contributed by atoms with Gasteiger partial charge >= 0.3 is 0 Å². The Morgan fingerprint density at radius 1 is 0.969 bits per heavy atom. The van der Waals surface area contributed by atoms with Crippen molar-refractivity contribution in [2.45, 2.75) is 20.0 Å². The number of ether oxygens (including phenoxy) is 2. The maximum Gasteiger partial charge on any atom is 0.266 e. The van der Waals surface area contributed by atoms with Crippen molar-refractivity contribution >= 4 is 22.4 Å². The van der Waals surface area contributed by atoms with Gasteiger partial charge in [0.1, 0.15) is 11.5 Å². The van der Waals surface area contributed by atoms with Crippen LogP contribution in [-0.2, 0) is 4.79 Å². The predicted octanol–water partition coefficient (Wildman–Crippen LogP) is 6.28. The molecule has 162 valence electrons. The van der Waals surface area contributed by atoms with Crippen LogP contribution in [0.2, 0.25) is 0 Å². The first-order valence-electron chi connectivity index (χ1n) is 10.4. The number of carbonyl (C=O) groups is 1. The minimum Gasteiger partial charge on any atom is -0.493 e. The molecule has 0 aliphatic rings. The van der Waals surface area contributed by atoms with Gasteiger partial charge in [-0.3, -0.25) is 10.1 Å². The summed E-state index contributed by atoms with van der Waals surface area (Å²) >= 11 is 1.37. The maximum atomic E-state index is 12.6. The zero-order valence-electron chi connectivity index (χ0n) is 17.9. The number of nitrogens with one attached hydrogen (secondary N) is 1. The van der Waals surface area contributed by atoms with Gasteiger partial charge in [-0.15, -0.1) is 11.3 Å². The van der Waals surface area contributed by atoms with Crippen LogP contribution < -0.4 is 14.8 Å². The molecule has 5 nitrogen and oxygen atoms in total. The van der Waals surface area contributed by atoms with Crippen LogP contribution in [0, 0.1) is 0 Å². The van der Waals surface area contributed by atoms with Crippen LogP contribution in [0.1, 0.15) is 13.8 Å². The molecular formula is C26H24N2O3S. The first kappa shape index (κ1) is 21.6. The van der Waals surface area contributed by atoms with Gasteiger partial charge in [-0.05, 0) is 49.2 Å². The fraction of sp³-hybridized carbons (Fsp3) is 0.154. The Bertz CT molecular complexity index is 1170. The van der Waals surface area contributed by atoms with E-state index in [9.17, 15) is 4.79 Å². The Morgan fingerprint density at radius 3 is 2.41 bits per heavy atom. The van der Waals surface area contributed by atoms with Crippen molar-refractivity contribution in [3.05, 3.63) is 84.2 Å². The molecule has 0 aliphatic carbocycles. The summed E-state index contributed by atoms with van der Waals surface area (Å²) in [4.78, 5) is 17.2. The Balaban J connectivity index is 1.38. The number of hydrogen-bond acceptors (Lipinski definition) is 5. The number of thiazole rings is 1. The van der Waals surface area contributed by atoms with Gasteiger partial charge in [0, 0.05) is 10.9 Å². The molecule has 0 bridgehead atoms. The molecule has 0 spiro atoms. The number of amides is 1. The summed E-state index contributed by atoms with van der Waals surface area (Å²) in [5, 5.41) is 5.27. The van der Waals surface area contributed by atoms with Gasteiger partial charge in [-0.25, -0.2) is 4.98 Å². The number of hydrogen-bond donors (Lipinski definition) is 1. The molecule has 3 aromatic carbocycles. The van der Waals surface area contributed by atoms with E-state index in [1.165, 1.54) is 11.3 Å². The quantitative estimate of drug-likeness (QED) is 0.347. The SMILES string of the molecule is CCOc1ccccc1-c1csc(NC(=O)C(C)Oc2ccc(-c3ccccc3)cc2)n1. The summed E-state index contributed by atoms with van der Waals surface area (Å²) in [6.45, 7) is 4.24. The number of para-hydroxylation sites is 1.